The topological polar surface area (TPSA) is 106 Å². The van der Waals surface area contributed by atoms with Crippen LogP contribution in [0.4, 0.5) is 16.2 Å². The molecule has 0 saturated carbocycles. The van der Waals surface area contributed by atoms with Crippen molar-refractivity contribution in [3.8, 4) is 11.5 Å². The molecule has 1 heterocycles. The molecule has 0 bridgehead atoms. The first kappa shape index (κ1) is 22.4. The van der Waals surface area contributed by atoms with Gasteiger partial charge in [-0.2, -0.15) is 0 Å². The third-order valence-corrected chi connectivity index (χ3v) is 5.65. The molecule has 2 aromatic rings. The third kappa shape index (κ3) is 4.74. The van der Waals surface area contributed by atoms with E-state index in [0.29, 0.717) is 11.4 Å². The number of hydrogen-bond donors (Lipinski definition) is 3. The van der Waals surface area contributed by atoms with Crippen molar-refractivity contribution < 1.29 is 14.6 Å². The van der Waals surface area contributed by atoms with E-state index in [1.807, 2.05) is 26.0 Å². The molecule has 3 rings (SSSR count). The van der Waals surface area contributed by atoms with Crippen molar-refractivity contribution in [1.29, 1.82) is 5.41 Å². The second-order valence-corrected chi connectivity index (χ2v) is 8.09. The summed E-state index contributed by atoms with van der Waals surface area (Å²) in [6, 6.07) is 9.76. The highest BCUT2D eigenvalue weighted by Gasteiger charge is 2.24. The van der Waals surface area contributed by atoms with E-state index >= 15 is 0 Å². The number of nitrogens with zero attached hydrogens (tertiary/aromatic N) is 3. The molecule has 0 atom stereocenters. The van der Waals surface area contributed by atoms with E-state index in [0.717, 1.165) is 42.3 Å². The monoisotopic (exact) mass is 425 g/mol. The Balaban J connectivity index is 1.91. The van der Waals surface area contributed by atoms with Crippen LogP contribution in [0.2, 0.25) is 0 Å². The van der Waals surface area contributed by atoms with Gasteiger partial charge in [0.2, 0.25) is 0 Å². The number of nitrogens with two attached hydrogens (primary N) is 1. The predicted molar refractivity (Wildman–Crippen MR) is 124 cm³/mol. The number of hydrogen-bond acceptors (Lipinski definition) is 6. The van der Waals surface area contributed by atoms with Crippen molar-refractivity contribution in [2.24, 2.45) is 5.73 Å². The maximum atomic E-state index is 12.3. The molecule has 8 heteroatoms. The van der Waals surface area contributed by atoms with Crippen LogP contribution < -0.4 is 20.3 Å². The van der Waals surface area contributed by atoms with Gasteiger partial charge in [0.05, 0.1) is 18.4 Å². The summed E-state index contributed by atoms with van der Waals surface area (Å²) in [5, 5.41) is 19.1. The number of ether oxygens (including phenoxy) is 1. The molecule has 0 spiro atoms. The van der Waals surface area contributed by atoms with E-state index in [4.69, 9.17) is 15.9 Å². The minimum absolute atomic E-state index is 0.104. The smallest absolute Gasteiger partial charge is 0.325 e. The fourth-order valence-corrected chi connectivity index (χ4v) is 3.77. The average Bonchev–Trinajstić information content (AvgIpc) is 2.74. The average molecular weight is 426 g/mol. The number of amidine groups is 1. The van der Waals surface area contributed by atoms with Crippen LogP contribution in [0.5, 0.6) is 11.5 Å². The summed E-state index contributed by atoms with van der Waals surface area (Å²) in [6.07, 6.45) is 0. The van der Waals surface area contributed by atoms with Gasteiger partial charge in [0.15, 0.2) is 0 Å². The Morgan fingerprint density at radius 3 is 2.29 bits per heavy atom. The number of amides is 2. The van der Waals surface area contributed by atoms with Gasteiger partial charge in [-0.25, -0.2) is 9.69 Å². The summed E-state index contributed by atoms with van der Waals surface area (Å²) < 4.78 is 5.35. The van der Waals surface area contributed by atoms with E-state index in [-0.39, 0.29) is 23.1 Å². The van der Waals surface area contributed by atoms with Crippen LogP contribution in [-0.4, -0.2) is 62.2 Å². The van der Waals surface area contributed by atoms with Crippen molar-refractivity contribution in [1.82, 2.24) is 4.90 Å². The van der Waals surface area contributed by atoms with Gasteiger partial charge in [-0.05, 0) is 48.9 Å². The zero-order valence-electron chi connectivity index (χ0n) is 18.6. The number of likely N-dealkylation sites (N-methyl/N-ethyl adjacent to an activating group) is 1. The minimum Gasteiger partial charge on any atom is -0.507 e. The van der Waals surface area contributed by atoms with Crippen molar-refractivity contribution in [2.75, 3.05) is 50.1 Å². The van der Waals surface area contributed by atoms with Gasteiger partial charge < -0.3 is 25.4 Å². The maximum Gasteiger partial charge on any atom is 0.325 e. The molecule has 0 radical (unpaired) electrons. The third-order valence-electron chi connectivity index (χ3n) is 5.65. The Bertz CT molecular complexity index is 950. The van der Waals surface area contributed by atoms with Crippen LogP contribution in [0.1, 0.15) is 30.9 Å². The highest BCUT2D eigenvalue weighted by atomic mass is 16.5. The number of anilines is 2. The second kappa shape index (κ2) is 9.26. The standard InChI is InChI=1S/C23H31N5O3/c1-15(2)18-13-19(20(29)14-21(18)31-4)22(24)28(23(25)30)17-7-5-16(6-8-17)27-11-9-26(3)10-12-27/h5-8,13-15,24,29H,9-12H2,1-4H3,(H2,25,30). The number of methoxy groups -OCH3 is 1. The number of carbonyl (C=O) groups excluding carboxylic acids is 1. The number of benzene rings is 2. The zero-order valence-corrected chi connectivity index (χ0v) is 18.6. The Hall–Kier alpha value is -3.26. The number of rotatable bonds is 5. The fourth-order valence-electron chi connectivity index (χ4n) is 3.77. The Labute approximate surface area is 183 Å². The van der Waals surface area contributed by atoms with Crippen LogP contribution in [0.3, 0.4) is 0 Å². The van der Waals surface area contributed by atoms with Crippen LogP contribution in [-0.2, 0) is 0 Å². The summed E-state index contributed by atoms with van der Waals surface area (Å²) in [5.74, 6) is 0.298. The van der Waals surface area contributed by atoms with E-state index in [1.165, 1.54) is 13.2 Å². The van der Waals surface area contributed by atoms with Crippen molar-refractivity contribution in [2.45, 2.75) is 19.8 Å². The first-order valence-electron chi connectivity index (χ1n) is 10.4. The molecule has 2 aromatic carbocycles. The lowest BCUT2D eigenvalue weighted by atomic mass is 9.98. The second-order valence-electron chi connectivity index (χ2n) is 8.09. The largest absolute Gasteiger partial charge is 0.507 e. The SMILES string of the molecule is COc1cc(O)c(C(=N)N(C(N)=O)c2ccc(N3CCN(C)CC3)cc2)cc1C(C)C. The van der Waals surface area contributed by atoms with Gasteiger partial charge in [-0.15, -0.1) is 0 Å². The van der Waals surface area contributed by atoms with Gasteiger partial charge in [-0.1, -0.05) is 13.8 Å². The number of piperazine rings is 1. The molecule has 8 nitrogen and oxygen atoms in total. The summed E-state index contributed by atoms with van der Waals surface area (Å²) in [7, 11) is 3.64. The Morgan fingerprint density at radius 2 is 1.77 bits per heavy atom. The summed E-state index contributed by atoms with van der Waals surface area (Å²) >= 11 is 0. The van der Waals surface area contributed by atoms with Gasteiger partial charge in [0.1, 0.15) is 17.3 Å². The van der Waals surface area contributed by atoms with Gasteiger partial charge in [-0.3, -0.25) is 5.41 Å². The molecule has 0 unspecified atom stereocenters. The molecule has 1 aliphatic heterocycles. The van der Waals surface area contributed by atoms with E-state index in [1.54, 1.807) is 18.2 Å². The number of carbonyl (C=O) groups is 1. The predicted octanol–water partition coefficient (Wildman–Crippen LogP) is 3.19. The van der Waals surface area contributed by atoms with Crippen molar-refractivity contribution in [3.63, 3.8) is 0 Å². The van der Waals surface area contributed by atoms with Crippen molar-refractivity contribution in [3.05, 3.63) is 47.5 Å². The first-order valence-corrected chi connectivity index (χ1v) is 10.4. The molecular weight excluding hydrogens is 394 g/mol. The molecular formula is C23H31N5O3. The minimum atomic E-state index is -0.793. The lowest BCUT2D eigenvalue weighted by Crippen LogP contribution is -2.44. The summed E-state index contributed by atoms with van der Waals surface area (Å²) in [4.78, 5) is 17.9. The molecule has 1 saturated heterocycles. The molecule has 1 aliphatic rings. The fraction of sp³-hybridized carbons (Fsp3) is 0.391. The number of nitrogens with one attached hydrogen (secondary N) is 1. The molecule has 31 heavy (non-hydrogen) atoms. The molecule has 2 amide bonds. The molecule has 0 aliphatic carbocycles. The number of phenols is 1. The highest BCUT2D eigenvalue weighted by molar-refractivity contribution is 6.22. The highest BCUT2D eigenvalue weighted by Crippen LogP contribution is 2.34. The van der Waals surface area contributed by atoms with E-state index < -0.39 is 6.03 Å². The number of primary amides is 1. The van der Waals surface area contributed by atoms with E-state index in [9.17, 15) is 9.90 Å². The molecule has 1 fully saturated rings. The van der Waals surface area contributed by atoms with Gasteiger partial charge >= 0.3 is 6.03 Å². The van der Waals surface area contributed by atoms with Crippen LogP contribution in [0.25, 0.3) is 0 Å². The number of aromatic hydroxyl groups is 1. The Morgan fingerprint density at radius 1 is 1.16 bits per heavy atom. The van der Waals surface area contributed by atoms with E-state index in [2.05, 4.69) is 16.8 Å². The van der Waals surface area contributed by atoms with Crippen LogP contribution in [0.15, 0.2) is 36.4 Å². The summed E-state index contributed by atoms with van der Waals surface area (Å²) in [5.41, 5.74) is 8.20. The van der Waals surface area contributed by atoms with Gasteiger partial charge in [0, 0.05) is 37.9 Å². The van der Waals surface area contributed by atoms with Crippen molar-refractivity contribution >= 4 is 23.2 Å². The maximum absolute atomic E-state index is 12.3. The van der Waals surface area contributed by atoms with Crippen LogP contribution in [0, 0.1) is 5.41 Å². The summed E-state index contributed by atoms with van der Waals surface area (Å²) in [6.45, 7) is 7.84. The normalized spacial score (nSPS) is 14.5. The molecule has 4 N–H and O–H groups in total. The molecule has 166 valence electrons. The van der Waals surface area contributed by atoms with Gasteiger partial charge in [0.25, 0.3) is 0 Å². The number of phenolic OH excluding ortho intramolecular Hbond substituents is 1. The van der Waals surface area contributed by atoms with Crippen LogP contribution >= 0.6 is 0 Å². The molecule has 0 aromatic heterocycles. The number of urea groups is 1. The first-order chi connectivity index (χ1) is 14.7. The lowest BCUT2D eigenvalue weighted by Gasteiger charge is -2.34. The quantitative estimate of drug-likeness (QED) is 0.504. The Kier molecular flexibility index (Phi) is 6.70. The lowest BCUT2D eigenvalue weighted by molar-refractivity contribution is 0.256. The zero-order chi connectivity index (χ0) is 22.7.